The van der Waals surface area contributed by atoms with Crippen LogP contribution in [0.25, 0.3) is 55.6 Å². The van der Waals surface area contributed by atoms with Gasteiger partial charge in [0.25, 0.3) is 0 Å². The molecule has 50 heavy (non-hydrogen) atoms. The molecule has 3 aromatic heterocycles. The number of pyridine rings is 2. The van der Waals surface area contributed by atoms with Crippen LogP contribution in [0, 0.1) is 17.5 Å². The first-order chi connectivity index (χ1) is 23.4. The van der Waals surface area contributed by atoms with Crippen molar-refractivity contribution in [2.24, 2.45) is 5.41 Å². The summed E-state index contributed by atoms with van der Waals surface area (Å²) in [6.07, 6.45) is 5.08. The van der Waals surface area contributed by atoms with Gasteiger partial charge in [-0.1, -0.05) is 131 Å². The maximum atomic E-state index is 6.10. The molecule has 0 bridgehead atoms. The molecule has 0 aliphatic heterocycles. The monoisotopic (exact) mass is 851 g/mol. The van der Waals surface area contributed by atoms with Crippen LogP contribution in [0.1, 0.15) is 51.7 Å². The minimum absolute atomic E-state index is 0. The van der Waals surface area contributed by atoms with Crippen LogP contribution < -0.4 is 5.19 Å². The van der Waals surface area contributed by atoms with Crippen molar-refractivity contribution in [2.45, 2.75) is 66.6 Å². The van der Waals surface area contributed by atoms with Gasteiger partial charge in [-0.05, 0) is 63.0 Å². The summed E-state index contributed by atoms with van der Waals surface area (Å²) in [5.74, 6) is 0.466. The third-order valence-electron chi connectivity index (χ3n) is 8.73. The van der Waals surface area contributed by atoms with Gasteiger partial charge >= 0.3 is 0 Å². The molecule has 0 spiro atoms. The molecule has 0 atom stereocenters. The SMILES string of the molecule is CC(C)(C)Cc1cc(-c2[c-]cccc2)ncc1[Si](C)(C)C.CC(C)c1ccnc(-c2[c-]c3oc4ccc(-c5ccccc5)cc4c3cc2)c1.[Ir]. The van der Waals surface area contributed by atoms with Crippen LogP contribution in [0.4, 0.5) is 0 Å². The van der Waals surface area contributed by atoms with E-state index in [2.05, 4.69) is 150 Å². The molecule has 0 N–H and O–H groups in total. The summed E-state index contributed by atoms with van der Waals surface area (Å²) >= 11 is 0. The fourth-order valence-corrected chi connectivity index (χ4v) is 7.78. The Bertz CT molecular complexity index is 2190. The molecule has 7 aromatic rings. The van der Waals surface area contributed by atoms with Crippen molar-refractivity contribution in [1.82, 2.24) is 9.97 Å². The molecule has 4 aromatic carbocycles. The summed E-state index contributed by atoms with van der Waals surface area (Å²) < 4.78 is 6.10. The van der Waals surface area contributed by atoms with E-state index < -0.39 is 8.07 Å². The number of benzene rings is 4. The first-order valence-corrected chi connectivity index (χ1v) is 20.7. The molecule has 0 saturated heterocycles. The van der Waals surface area contributed by atoms with Crippen molar-refractivity contribution in [3.05, 3.63) is 139 Å². The standard InChI is InChI=1S/C26H20NO.C19H26NSi.Ir/c1-17(2)19-12-13-27-24(15-19)21-8-10-22-23-14-20(18-6-4-3-5-7-18)9-11-25(23)28-26(22)16-21;1-19(2,3)13-16-12-17(15-10-8-7-9-11-15)20-14-18(16)21(4,5)6;/h3-15,17H,1-2H3;7-10,12,14H,13H2,1-6H3;/q2*-1;. The maximum absolute atomic E-state index is 6.10. The van der Waals surface area contributed by atoms with E-state index in [1.807, 2.05) is 36.5 Å². The topological polar surface area (TPSA) is 38.9 Å². The first-order valence-electron chi connectivity index (χ1n) is 17.2. The van der Waals surface area contributed by atoms with Gasteiger partial charge in [0.15, 0.2) is 0 Å². The fraction of sp³-hybridized carbons (Fsp3) is 0.244. The fourth-order valence-electron chi connectivity index (χ4n) is 6.21. The Labute approximate surface area is 312 Å². The van der Waals surface area contributed by atoms with Crippen LogP contribution in [0.2, 0.25) is 19.6 Å². The largest absolute Gasteiger partial charge is 0.477 e. The summed E-state index contributed by atoms with van der Waals surface area (Å²) in [6.45, 7) is 18.5. The molecular formula is C45H46IrN2OSi-2. The van der Waals surface area contributed by atoms with E-state index in [0.717, 1.165) is 50.9 Å². The average molecular weight is 851 g/mol. The summed E-state index contributed by atoms with van der Waals surface area (Å²) in [5.41, 5.74) is 11.1. The van der Waals surface area contributed by atoms with E-state index in [4.69, 9.17) is 9.40 Å². The number of rotatable bonds is 6. The van der Waals surface area contributed by atoms with Gasteiger partial charge in [0.05, 0.1) is 13.7 Å². The second-order valence-electron chi connectivity index (χ2n) is 15.4. The van der Waals surface area contributed by atoms with Crippen LogP contribution in [-0.4, -0.2) is 18.0 Å². The molecule has 0 amide bonds. The van der Waals surface area contributed by atoms with Gasteiger partial charge in [0.1, 0.15) is 5.58 Å². The summed E-state index contributed by atoms with van der Waals surface area (Å²) in [6, 6.07) is 42.2. The van der Waals surface area contributed by atoms with E-state index in [0.29, 0.717) is 5.92 Å². The number of hydrogen-bond donors (Lipinski definition) is 0. The quantitative estimate of drug-likeness (QED) is 0.124. The maximum Gasteiger partial charge on any atom is 0.123 e. The molecule has 5 heteroatoms. The van der Waals surface area contributed by atoms with Gasteiger partial charge in [-0.3, -0.25) is 0 Å². The van der Waals surface area contributed by atoms with Gasteiger partial charge in [0, 0.05) is 32.5 Å². The molecular weight excluding hydrogens is 805 g/mol. The zero-order valence-electron chi connectivity index (χ0n) is 30.4. The Morgan fingerprint density at radius 2 is 1.48 bits per heavy atom. The van der Waals surface area contributed by atoms with Crippen LogP contribution >= 0.6 is 0 Å². The predicted octanol–water partition coefficient (Wildman–Crippen LogP) is 11.9. The smallest absolute Gasteiger partial charge is 0.123 e. The van der Waals surface area contributed by atoms with Crippen molar-refractivity contribution >= 4 is 35.2 Å². The molecule has 1 radical (unpaired) electrons. The normalized spacial score (nSPS) is 11.7. The Balaban J connectivity index is 0.000000199. The van der Waals surface area contributed by atoms with Gasteiger partial charge in [-0.2, -0.15) is 0 Å². The van der Waals surface area contributed by atoms with Crippen LogP contribution in [-0.2, 0) is 26.5 Å². The van der Waals surface area contributed by atoms with Crippen molar-refractivity contribution in [2.75, 3.05) is 0 Å². The third-order valence-corrected chi connectivity index (χ3v) is 10.8. The van der Waals surface area contributed by atoms with Crippen molar-refractivity contribution in [3.8, 4) is 33.6 Å². The molecule has 257 valence electrons. The second kappa shape index (κ2) is 15.4. The summed E-state index contributed by atoms with van der Waals surface area (Å²) in [4.78, 5) is 9.24. The third kappa shape index (κ3) is 8.76. The van der Waals surface area contributed by atoms with Crippen LogP contribution in [0.5, 0.6) is 0 Å². The molecule has 0 aliphatic carbocycles. The summed E-state index contributed by atoms with van der Waals surface area (Å²) in [5, 5.41) is 3.68. The second-order valence-corrected chi connectivity index (χ2v) is 20.5. The van der Waals surface area contributed by atoms with E-state index in [1.165, 1.54) is 27.4 Å². The van der Waals surface area contributed by atoms with E-state index >= 15 is 0 Å². The molecule has 0 fully saturated rings. The van der Waals surface area contributed by atoms with Gasteiger partial charge < -0.3 is 14.4 Å². The van der Waals surface area contributed by atoms with E-state index in [-0.39, 0.29) is 25.5 Å². The van der Waals surface area contributed by atoms with Gasteiger partial charge in [-0.25, -0.2) is 0 Å². The molecule has 3 heterocycles. The number of aromatic nitrogens is 2. The molecule has 0 aliphatic rings. The molecule has 0 unspecified atom stereocenters. The van der Waals surface area contributed by atoms with Crippen molar-refractivity contribution < 1.29 is 24.5 Å². The minimum Gasteiger partial charge on any atom is -0.477 e. The zero-order valence-corrected chi connectivity index (χ0v) is 33.8. The molecule has 7 rings (SSSR count). The number of furan rings is 1. The first kappa shape index (κ1) is 37.1. The van der Waals surface area contributed by atoms with E-state index in [9.17, 15) is 0 Å². The number of hydrogen-bond acceptors (Lipinski definition) is 3. The Morgan fingerprint density at radius 1 is 0.740 bits per heavy atom. The Hall–Kier alpha value is -4.15. The van der Waals surface area contributed by atoms with Crippen molar-refractivity contribution in [1.29, 1.82) is 0 Å². The average Bonchev–Trinajstić information content (AvgIpc) is 3.45. The number of nitrogens with zero attached hydrogens (tertiary/aromatic N) is 2. The van der Waals surface area contributed by atoms with Crippen LogP contribution in [0.3, 0.4) is 0 Å². The zero-order chi connectivity index (χ0) is 34.8. The van der Waals surface area contributed by atoms with Gasteiger partial charge in [0.2, 0.25) is 0 Å². The van der Waals surface area contributed by atoms with Crippen molar-refractivity contribution in [3.63, 3.8) is 0 Å². The summed E-state index contributed by atoms with van der Waals surface area (Å²) in [7, 11) is -1.37. The Kier molecular flexibility index (Phi) is 11.4. The predicted molar refractivity (Wildman–Crippen MR) is 210 cm³/mol. The molecule has 3 nitrogen and oxygen atoms in total. The number of fused-ring (bicyclic) bond motifs is 3. The minimum atomic E-state index is -1.37. The Morgan fingerprint density at radius 3 is 2.16 bits per heavy atom. The van der Waals surface area contributed by atoms with Crippen LogP contribution in [0.15, 0.2) is 120 Å². The van der Waals surface area contributed by atoms with E-state index in [1.54, 1.807) is 0 Å². The van der Waals surface area contributed by atoms with Gasteiger partial charge in [-0.15, -0.1) is 53.6 Å². The molecule has 0 saturated carbocycles.